The number of hydrogen-bond acceptors (Lipinski definition) is 4. The Hall–Kier alpha value is -1.80. The molecule has 0 bridgehead atoms. The number of nitrogens with two attached hydrogens (primary N) is 1. The van der Waals surface area contributed by atoms with Crippen LogP contribution in [0.2, 0.25) is 0 Å². The van der Waals surface area contributed by atoms with Gasteiger partial charge >= 0.3 is 0 Å². The molecule has 0 saturated carbocycles. The Balaban J connectivity index is 2.49. The zero-order valence-corrected chi connectivity index (χ0v) is 13.3. The lowest BCUT2D eigenvalue weighted by molar-refractivity contribution is 0.403. The van der Waals surface area contributed by atoms with E-state index in [2.05, 4.69) is 20.7 Å². The minimum atomic E-state index is -4.02. The highest BCUT2D eigenvalue weighted by atomic mass is 79.9. The van der Waals surface area contributed by atoms with E-state index >= 15 is 0 Å². The van der Waals surface area contributed by atoms with Crippen molar-refractivity contribution in [3.05, 3.63) is 46.7 Å². The third-order valence-corrected chi connectivity index (χ3v) is 4.73. The summed E-state index contributed by atoms with van der Waals surface area (Å²) in [5.74, 6) is -0.614. The Morgan fingerprint density at radius 2 is 2.00 bits per heavy atom. The third-order valence-electron chi connectivity index (χ3n) is 2.68. The normalized spacial score (nSPS) is 11.2. The number of nitrogen functional groups attached to an aromatic ring is 1. The van der Waals surface area contributed by atoms with Crippen molar-refractivity contribution in [2.75, 3.05) is 17.6 Å². The molecule has 0 unspecified atom stereocenters. The lowest BCUT2D eigenvalue weighted by Crippen LogP contribution is -2.15. The van der Waals surface area contributed by atoms with Gasteiger partial charge in [0.1, 0.15) is 16.5 Å². The number of methoxy groups -OCH3 is 1. The highest BCUT2D eigenvalue weighted by molar-refractivity contribution is 9.10. The smallest absolute Gasteiger partial charge is 0.265 e. The summed E-state index contributed by atoms with van der Waals surface area (Å²) >= 11 is 3.10. The zero-order chi connectivity index (χ0) is 15.6. The Labute approximate surface area is 130 Å². The summed E-state index contributed by atoms with van der Waals surface area (Å²) in [7, 11) is -2.69. The summed E-state index contributed by atoms with van der Waals surface area (Å²) in [6, 6.07) is 8.24. The summed E-state index contributed by atoms with van der Waals surface area (Å²) in [6.07, 6.45) is 0. The number of anilines is 2. The van der Waals surface area contributed by atoms with Gasteiger partial charge < -0.3 is 10.5 Å². The Bertz CT molecular complexity index is 761. The van der Waals surface area contributed by atoms with Crippen molar-refractivity contribution < 1.29 is 17.5 Å². The molecule has 5 nitrogen and oxygen atoms in total. The largest absolute Gasteiger partial charge is 0.495 e. The molecule has 0 saturated heterocycles. The molecule has 0 radical (unpaired) electrons. The molecule has 2 aromatic carbocycles. The number of sulfonamides is 1. The fourth-order valence-electron chi connectivity index (χ4n) is 1.69. The number of para-hydroxylation sites is 1. The first-order valence-electron chi connectivity index (χ1n) is 5.75. The summed E-state index contributed by atoms with van der Waals surface area (Å²) in [5, 5.41) is 0. The van der Waals surface area contributed by atoms with Crippen LogP contribution in [-0.4, -0.2) is 15.5 Å². The fourth-order valence-corrected chi connectivity index (χ4v) is 3.50. The number of rotatable bonds is 4. The summed E-state index contributed by atoms with van der Waals surface area (Å²) in [4.78, 5) is -0.130. The van der Waals surface area contributed by atoms with Crippen molar-refractivity contribution in [2.45, 2.75) is 4.90 Å². The maximum Gasteiger partial charge on any atom is 0.265 e. The second kappa shape index (κ2) is 5.90. The van der Waals surface area contributed by atoms with Crippen LogP contribution in [0, 0.1) is 5.82 Å². The molecule has 2 rings (SSSR count). The molecule has 0 aliphatic heterocycles. The van der Waals surface area contributed by atoms with E-state index in [9.17, 15) is 12.8 Å². The first-order chi connectivity index (χ1) is 9.85. The van der Waals surface area contributed by atoms with Crippen molar-refractivity contribution in [2.24, 2.45) is 0 Å². The predicted octanol–water partition coefficient (Wildman–Crippen LogP) is 2.98. The van der Waals surface area contributed by atoms with Gasteiger partial charge in [0.2, 0.25) is 0 Å². The van der Waals surface area contributed by atoms with Crippen LogP contribution in [-0.2, 0) is 10.0 Å². The average molecular weight is 375 g/mol. The number of nitrogens with one attached hydrogen (secondary N) is 1. The van der Waals surface area contributed by atoms with Crippen molar-refractivity contribution in [3.63, 3.8) is 0 Å². The van der Waals surface area contributed by atoms with Crippen LogP contribution in [0.25, 0.3) is 0 Å². The van der Waals surface area contributed by atoms with Crippen molar-refractivity contribution in [1.29, 1.82) is 0 Å². The van der Waals surface area contributed by atoms with Gasteiger partial charge in [-0.25, -0.2) is 12.8 Å². The quantitative estimate of drug-likeness (QED) is 0.806. The molecule has 0 aliphatic rings. The van der Waals surface area contributed by atoms with Crippen LogP contribution in [0.3, 0.4) is 0 Å². The van der Waals surface area contributed by atoms with E-state index in [0.29, 0.717) is 10.2 Å². The van der Waals surface area contributed by atoms with Crippen LogP contribution in [0.4, 0.5) is 15.8 Å². The number of benzene rings is 2. The van der Waals surface area contributed by atoms with Crippen molar-refractivity contribution >= 4 is 37.3 Å². The minimum absolute atomic E-state index is 0.0787. The van der Waals surface area contributed by atoms with Gasteiger partial charge in [0.15, 0.2) is 0 Å². The maximum atomic E-state index is 13.7. The van der Waals surface area contributed by atoms with Gasteiger partial charge in [0, 0.05) is 16.2 Å². The SMILES string of the molecule is COc1cc(N)ccc1S(=O)(=O)Nc1c(F)cccc1Br. The second-order valence-corrected chi connectivity index (χ2v) is 6.62. The van der Waals surface area contributed by atoms with E-state index < -0.39 is 15.8 Å². The Morgan fingerprint density at radius 1 is 1.29 bits per heavy atom. The molecule has 2 aromatic rings. The molecule has 0 heterocycles. The average Bonchev–Trinajstić information content (AvgIpc) is 2.42. The molecule has 21 heavy (non-hydrogen) atoms. The standard InChI is InChI=1S/C13H12BrFN2O3S/c1-20-11-7-8(16)5-6-12(11)21(18,19)17-13-9(14)3-2-4-10(13)15/h2-7,17H,16H2,1H3. The van der Waals surface area contributed by atoms with Gasteiger partial charge in [0.25, 0.3) is 10.0 Å². The van der Waals surface area contributed by atoms with Gasteiger partial charge in [-0.1, -0.05) is 6.07 Å². The molecule has 0 fully saturated rings. The van der Waals surface area contributed by atoms with Gasteiger partial charge in [0.05, 0.1) is 12.8 Å². The predicted molar refractivity (Wildman–Crippen MR) is 82.3 cm³/mol. The van der Waals surface area contributed by atoms with E-state index in [-0.39, 0.29) is 16.3 Å². The first-order valence-corrected chi connectivity index (χ1v) is 8.03. The molecular weight excluding hydrogens is 363 g/mol. The lowest BCUT2D eigenvalue weighted by Gasteiger charge is -2.13. The minimum Gasteiger partial charge on any atom is -0.495 e. The molecule has 0 spiro atoms. The van der Waals surface area contributed by atoms with E-state index in [4.69, 9.17) is 10.5 Å². The zero-order valence-electron chi connectivity index (χ0n) is 10.9. The Morgan fingerprint density at radius 3 is 2.62 bits per heavy atom. The summed E-state index contributed by atoms with van der Waals surface area (Å²) in [6.45, 7) is 0. The molecule has 0 aliphatic carbocycles. The molecule has 3 N–H and O–H groups in total. The van der Waals surface area contributed by atoms with Gasteiger partial charge in [-0.15, -0.1) is 0 Å². The molecule has 8 heteroatoms. The van der Waals surface area contributed by atoms with Gasteiger partial charge in [-0.2, -0.15) is 0 Å². The highest BCUT2D eigenvalue weighted by Crippen LogP contribution is 2.31. The first kappa shape index (κ1) is 15.6. The van der Waals surface area contributed by atoms with Crippen LogP contribution < -0.4 is 15.2 Å². The van der Waals surface area contributed by atoms with Crippen LogP contribution >= 0.6 is 15.9 Å². The fraction of sp³-hybridized carbons (Fsp3) is 0.0769. The van der Waals surface area contributed by atoms with Crippen LogP contribution in [0.5, 0.6) is 5.75 Å². The Kier molecular flexibility index (Phi) is 4.38. The molecule has 0 aromatic heterocycles. The van der Waals surface area contributed by atoms with E-state index in [1.54, 1.807) is 0 Å². The third kappa shape index (κ3) is 3.27. The summed E-state index contributed by atoms with van der Waals surface area (Å²) < 4.78 is 46.0. The van der Waals surface area contributed by atoms with Crippen molar-refractivity contribution in [1.82, 2.24) is 0 Å². The number of halogens is 2. The molecule has 112 valence electrons. The molecule has 0 amide bonds. The topological polar surface area (TPSA) is 81.4 Å². The maximum absolute atomic E-state index is 13.7. The molecule has 0 atom stereocenters. The van der Waals surface area contributed by atoms with Crippen LogP contribution in [0.1, 0.15) is 0 Å². The molecular formula is C13H12BrFN2O3S. The van der Waals surface area contributed by atoms with Crippen molar-refractivity contribution in [3.8, 4) is 5.75 Å². The summed E-state index contributed by atoms with van der Waals surface area (Å²) in [5.41, 5.74) is 5.77. The number of hydrogen-bond donors (Lipinski definition) is 2. The van der Waals surface area contributed by atoms with E-state index in [1.165, 1.54) is 37.4 Å². The van der Waals surface area contributed by atoms with Gasteiger partial charge in [-0.05, 0) is 40.2 Å². The monoisotopic (exact) mass is 374 g/mol. The second-order valence-electron chi connectivity index (χ2n) is 4.11. The van der Waals surface area contributed by atoms with E-state index in [0.717, 1.165) is 6.07 Å². The highest BCUT2D eigenvalue weighted by Gasteiger charge is 2.22. The van der Waals surface area contributed by atoms with Crippen LogP contribution in [0.15, 0.2) is 45.8 Å². The van der Waals surface area contributed by atoms with Gasteiger partial charge in [-0.3, -0.25) is 4.72 Å². The van der Waals surface area contributed by atoms with E-state index in [1.807, 2.05) is 0 Å². The lowest BCUT2D eigenvalue weighted by atomic mass is 10.3. The number of ether oxygens (including phenoxy) is 1.